The molecule has 0 aliphatic carbocycles. The summed E-state index contributed by atoms with van der Waals surface area (Å²) < 4.78 is 6.95. The van der Waals surface area contributed by atoms with Crippen molar-refractivity contribution in [2.24, 2.45) is 12.5 Å². The van der Waals surface area contributed by atoms with Crippen molar-refractivity contribution in [2.45, 2.75) is 34.1 Å². The molecule has 8 nitrogen and oxygen atoms in total. The van der Waals surface area contributed by atoms with Gasteiger partial charge in [0, 0.05) is 37.5 Å². The zero-order valence-electron chi connectivity index (χ0n) is 19.8. The number of hydrogen-bond acceptors (Lipinski definition) is 5. The van der Waals surface area contributed by atoms with Gasteiger partial charge in [-0.15, -0.1) is 0 Å². The van der Waals surface area contributed by atoms with Gasteiger partial charge in [0.2, 0.25) is 0 Å². The fourth-order valence-electron chi connectivity index (χ4n) is 3.99. The maximum atomic E-state index is 13.2. The Bertz CT molecular complexity index is 1180. The Hall–Kier alpha value is -3.00. The van der Waals surface area contributed by atoms with E-state index in [4.69, 9.17) is 16.3 Å². The summed E-state index contributed by atoms with van der Waals surface area (Å²) in [6.45, 7) is 9.14. The first kappa shape index (κ1) is 24.6. The predicted octanol–water partition coefficient (Wildman–Crippen LogP) is 3.25. The van der Waals surface area contributed by atoms with Crippen LogP contribution in [0.25, 0.3) is 11.1 Å². The molecular formula is C24H30ClN3O5. The van der Waals surface area contributed by atoms with Crippen LogP contribution in [0.5, 0.6) is 5.75 Å². The smallest absolute Gasteiger partial charge is 0.309 e. The third-order valence-electron chi connectivity index (χ3n) is 5.70. The highest BCUT2D eigenvalue weighted by Crippen LogP contribution is 2.45. The lowest BCUT2D eigenvalue weighted by Gasteiger charge is -2.30. The van der Waals surface area contributed by atoms with E-state index in [1.165, 1.54) is 11.6 Å². The molecule has 178 valence electrons. The number of carbonyl (C=O) groups excluding carboxylic acids is 1. The number of anilines is 1. The van der Waals surface area contributed by atoms with Gasteiger partial charge in [0.05, 0.1) is 23.7 Å². The van der Waals surface area contributed by atoms with Crippen LogP contribution in [0.4, 0.5) is 5.69 Å². The lowest BCUT2D eigenvalue weighted by atomic mass is 9.92. The van der Waals surface area contributed by atoms with Gasteiger partial charge in [-0.3, -0.25) is 14.4 Å². The van der Waals surface area contributed by atoms with E-state index in [0.717, 1.165) is 0 Å². The molecule has 0 spiro atoms. The van der Waals surface area contributed by atoms with Crippen LogP contribution < -0.4 is 20.5 Å². The second kappa shape index (κ2) is 9.09. The molecule has 1 aliphatic rings. The molecule has 2 aromatic rings. The molecule has 0 atom stereocenters. The van der Waals surface area contributed by atoms with Crippen LogP contribution in [-0.2, 0) is 18.3 Å². The standard InChI is InChI=1S/C24H30ClN3O5/c1-13-18(14-7-8-16-21(20(14)25)27(5)9-10-33-16)15(11-17(29)30)28(6)23(32)19(13)22(31)26-12-24(2,3)4/h7-8H,9-12H2,1-6H3,(H,26,31)(H,29,30). The lowest BCUT2D eigenvalue weighted by Crippen LogP contribution is -2.38. The summed E-state index contributed by atoms with van der Waals surface area (Å²) in [6, 6.07) is 3.52. The van der Waals surface area contributed by atoms with Crippen molar-refractivity contribution >= 4 is 29.2 Å². The third-order valence-corrected chi connectivity index (χ3v) is 6.08. The van der Waals surface area contributed by atoms with Gasteiger partial charge < -0.3 is 24.6 Å². The summed E-state index contributed by atoms with van der Waals surface area (Å²) in [5, 5.41) is 12.8. The van der Waals surface area contributed by atoms with E-state index in [1.54, 1.807) is 19.1 Å². The third kappa shape index (κ3) is 4.85. The number of aliphatic carboxylic acids is 1. The molecule has 9 heteroatoms. The maximum absolute atomic E-state index is 13.2. The summed E-state index contributed by atoms with van der Waals surface area (Å²) in [6.07, 6.45) is -0.397. The first-order valence-electron chi connectivity index (χ1n) is 10.7. The first-order chi connectivity index (χ1) is 15.3. The van der Waals surface area contributed by atoms with Crippen molar-refractivity contribution in [3.63, 3.8) is 0 Å². The topological polar surface area (TPSA) is 101 Å². The van der Waals surface area contributed by atoms with Gasteiger partial charge in [0.15, 0.2) is 0 Å². The van der Waals surface area contributed by atoms with Crippen molar-refractivity contribution in [1.82, 2.24) is 9.88 Å². The molecule has 2 N–H and O–H groups in total. The van der Waals surface area contributed by atoms with Crippen molar-refractivity contribution in [2.75, 3.05) is 31.6 Å². The van der Waals surface area contributed by atoms with Gasteiger partial charge in [-0.25, -0.2) is 0 Å². The van der Waals surface area contributed by atoms with E-state index in [0.29, 0.717) is 52.8 Å². The van der Waals surface area contributed by atoms with Crippen molar-refractivity contribution in [1.29, 1.82) is 0 Å². The number of halogens is 1. The number of likely N-dealkylation sites (N-methyl/N-ethyl adjacent to an activating group) is 1. The molecule has 1 amide bonds. The van der Waals surface area contributed by atoms with E-state index in [2.05, 4.69) is 5.32 Å². The van der Waals surface area contributed by atoms with Gasteiger partial charge in [-0.05, 0) is 30.0 Å². The van der Waals surface area contributed by atoms with Crippen molar-refractivity contribution < 1.29 is 19.4 Å². The minimum Gasteiger partial charge on any atom is -0.490 e. The van der Waals surface area contributed by atoms with E-state index in [9.17, 15) is 19.5 Å². The minimum absolute atomic E-state index is 0.0238. The van der Waals surface area contributed by atoms with Gasteiger partial charge in [0.1, 0.15) is 17.9 Å². The highest BCUT2D eigenvalue weighted by atomic mass is 35.5. The van der Waals surface area contributed by atoms with E-state index in [1.807, 2.05) is 32.7 Å². The van der Waals surface area contributed by atoms with Crippen LogP contribution in [-0.4, -0.2) is 48.3 Å². The summed E-state index contributed by atoms with van der Waals surface area (Å²) in [5.41, 5.74) is 1.62. The molecule has 1 aromatic heterocycles. The second-order valence-electron chi connectivity index (χ2n) is 9.54. The molecule has 0 saturated carbocycles. The van der Waals surface area contributed by atoms with Gasteiger partial charge >= 0.3 is 5.97 Å². The number of carboxylic acids is 1. The molecule has 0 radical (unpaired) electrons. The first-order valence-corrected chi connectivity index (χ1v) is 11.1. The molecule has 3 rings (SSSR count). The van der Waals surface area contributed by atoms with Gasteiger partial charge in [-0.1, -0.05) is 32.4 Å². The number of rotatable bonds is 5. The zero-order chi connectivity index (χ0) is 24.7. The van der Waals surface area contributed by atoms with Crippen LogP contribution in [0.3, 0.4) is 0 Å². The fraction of sp³-hybridized carbons (Fsp3) is 0.458. The minimum atomic E-state index is -1.09. The maximum Gasteiger partial charge on any atom is 0.309 e. The van der Waals surface area contributed by atoms with Crippen LogP contribution in [0, 0.1) is 12.3 Å². The number of carboxylic acid groups (broad SMARTS) is 1. The Morgan fingerprint density at radius 2 is 1.91 bits per heavy atom. The molecule has 0 fully saturated rings. The number of carbonyl (C=O) groups is 2. The lowest BCUT2D eigenvalue weighted by molar-refractivity contribution is -0.136. The average Bonchev–Trinajstić information content (AvgIpc) is 2.71. The molecule has 0 saturated heterocycles. The molecule has 1 aliphatic heterocycles. The number of benzene rings is 1. The number of aromatic nitrogens is 1. The summed E-state index contributed by atoms with van der Waals surface area (Å²) >= 11 is 6.82. The number of amides is 1. The number of pyridine rings is 1. The summed E-state index contributed by atoms with van der Waals surface area (Å²) in [5.74, 6) is -0.964. The van der Waals surface area contributed by atoms with Crippen LogP contribution >= 0.6 is 11.6 Å². The monoisotopic (exact) mass is 475 g/mol. The average molecular weight is 476 g/mol. The Morgan fingerprint density at radius 1 is 1.24 bits per heavy atom. The summed E-state index contributed by atoms with van der Waals surface area (Å²) in [4.78, 5) is 39.9. The highest BCUT2D eigenvalue weighted by molar-refractivity contribution is 6.36. The molecular weight excluding hydrogens is 446 g/mol. The van der Waals surface area contributed by atoms with Crippen LogP contribution in [0.15, 0.2) is 16.9 Å². The van der Waals surface area contributed by atoms with E-state index < -0.39 is 23.9 Å². The van der Waals surface area contributed by atoms with Crippen LogP contribution in [0.2, 0.25) is 5.02 Å². The SMILES string of the molecule is Cc1c(-c2ccc3c(c2Cl)N(C)CCO3)c(CC(=O)O)n(C)c(=O)c1C(=O)NCC(C)(C)C. The molecule has 2 heterocycles. The number of nitrogens with one attached hydrogen (secondary N) is 1. The largest absolute Gasteiger partial charge is 0.490 e. The number of hydrogen-bond donors (Lipinski definition) is 2. The number of fused-ring (bicyclic) bond motifs is 1. The molecule has 0 bridgehead atoms. The normalized spacial score (nSPS) is 13.4. The van der Waals surface area contributed by atoms with E-state index in [-0.39, 0.29) is 16.7 Å². The Morgan fingerprint density at radius 3 is 2.52 bits per heavy atom. The fourth-order valence-corrected chi connectivity index (χ4v) is 4.38. The summed E-state index contributed by atoms with van der Waals surface area (Å²) in [7, 11) is 3.37. The predicted molar refractivity (Wildman–Crippen MR) is 129 cm³/mol. The Balaban J connectivity index is 2.29. The number of ether oxygens (including phenoxy) is 1. The Labute approximate surface area is 198 Å². The second-order valence-corrected chi connectivity index (χ2v) is 9.92. The molecule has 0 unspecified atom stereocenters. The van der Waals surface area contributed by atoms with Gasteiger partial charge in [-0.2, -0.15) is 0 Å². The van der Waals surface area contributed by atoms with E-state index >= 15 is 0 Å². The molecule has 1 aromatic carbocycles. The highest BCUT2D eigenvalue weighted by Gasteiger charge is 2.28. The van der Waals surface area contributed by atoms with Gasteiger partial charge in [0.25, 0.3) is 11.5 Å². The molecule has 33 heavy (non-hydrogen) atoms. The van der Waals surface area contributed by atoms with Crippen molar-refractivity contribution in [3.8, 4) is 16.9 Å². The Kier molecular flexibility index (Phi) is 6.79. The zero-order valence-corrected chi connectivity index (χ0v) is 20.6. The number of nitrogens with zero attached hydrogens (tertiary/aromatic N) is 2. The quantitative estimate of drug-likeness (QED) is 0.688. The van der Waals surface area contributed by atoms with Crippen LogP contribution in [0.1, 0.15) is 42.4 Å². The van der Waals surface area contributed by atoms with Crippen molar-refractivity contribution in [3.05, 3.63) is 44.3 Å².